The highest BCUT2D eigenvalue weighted by atomic mass is 32.2. The van der Waals surface area contributed by atoms with E-state index in [4.69, 9.17) is 0 Å². The van der Waals surface area contributed by atoms with Crippen molar-refractivity contribution in [1.82, 2.24) is 14.5 Å². The molecule has 1 saturated heterocycles. The maximum Gasteiger partial charge on any atom is 0.252 e. The highest BCUT2D eigenvalue weighted by Crippen LogP contribution is 2.26. The normalized spacial score (nSPS) is 19.3. The second kappa shape index (κ2) is 7.41. The van der Waals surface area contributed by atoms with E-state index in [2.05, 4.69) is 5.32 Å². The zero-order valence-corrected chi connectivity index (χ0v) is 14.8. The Balaban J connectivity index is 1.98. The monoisotopic (exact) mass is 359 g/mol. The molecule has 1 aromatic heterocycles. The maximum absolute atomic E-state index is 12.5. The van der Waals surface area contributed by atoms with Gasteiger partial charge in [0, 0.05) is 27.2 Å². The van der Waals surface area contributed by atoms with Crippen molar-refractivity contribution in [3.8, 4) is 0 Å². The average Bonchev–Trinajstić information content (AvgIpc) is 3.07. The molecule has 2 rings (SSSR count). The van der Waals surface area contributed by atoms with Crippen molar-refractivity contribution in [2.45, 2.75) is 17.1 Å². The molecule has 128 valence electrons. The minimum Gasteiger partial charge on any atom is -0.347 e. The van der Waals surface area contributed by atoms with E-state index in [9.17, 15) is 18.0 Å². The van der Waals surface area contributed by atoms with Crippen molar-refractivity contribution in [3.63, 3.8) is 0 Å². The quantitative estimate of drug-likeness (QED) is 0.822. The molecular formula is C14H21N3O4S2. The molecule has 0 saturated carbocycles. The molecule has 2 amide bonds. The summed E-state index contributed by atoms with van der Waals surface area (Å²) in [6.07, 6.45) is 1.25. The summed E-state index contributed by atoms with van der Waals surface area (Å²) in [7, 11) is -0.302. The predicted molar refractivity (Wildman–Crippen MR) is 87.5 cm³/mol. The minimum absolute atomic E-state index is 0.0694. The molecular weight excluding hydrogens is 338 g/mol. The molecule has 0 aromatic carbocycles. The lowest BCUT2D eigenvalue weighted by Crippen LogP contribution is -2.46. The molecule has 0 spiro atoms. The van der Waals surface area contributed by atoms with Gasteiger partial charge in [0.2, 0.25) is 11.8 Å². The predicted octanol–water partition coefficient (Wildman–Crippen LogP) is 0.353. The van der Waals surface area contributed by atoms with Crippen LogP contribution < -0.4 is 5.32 Å². The van der Waals surface area contributed by atoms with E-state index in [1.54, 1.807) is 31.6 Å². The summed E-state index contributed by atoms with van der Waals surface area (Å²) in [6, 6.07) is 3.26. The van der Waals surface area contributed by atoms with Gasteiger partial charge >= 0.3 is 0 Å². The summed E-state index contributed by atoms with van der Waals surface area (Å²) in [4.78, 5) is 25.1. The lowest BCUT2D eigenvalue weighted by atomic mass is 9.99. The standard InChI is InChI=1S/C14H21N3O4S2/c1-16(2)12(18)9-15-14(19)11-5-3-7-17(10-11)23(20,21)13-6-4-8-22-13/h4,6,8,11H,3,5,7,9-10H2,1-2H3,(H,15,19). The lowest BCUT2D eigenvalue weighted by Gasteiger charge is -2.30. The number of hydrogen-bond donors (Lipinski definition) is 1. The second-order valence-electron chi connectivity index (χ2n) is 5.64. The van der Waals surface area contributed by atoms with Crippen LogP contribution >= 0.6 is 11.3 Å². The number of carbonyl (C=O) groups is 2. The van der Waals surface area contributed by atoms with Gasteiger partial charge in [-0.1, -0.05) is 6.07 Å². The third-order valence-corrected chi connectivity index (χ3v) is 6.99. The summed E-state index contributed by atoms with van der Waals surface area (Å²) >= 11 is 1.17. The fourth-order valence-electron chi connectivity index (χ4n) is 2.38. The molecule has 0 bridgehead atoms. The number of nitrogens with zero attached hydrogens (tertiary/aromatic N) is 2. The van der Waals surface area contributed by atoms with Crippen LogP contribution in [0.2, 0.25) is 0 Å². The van der Waals surface area contributed by atoms with Gasteiger partial charge in [0.15, 0.2) is 0 Å². The molecule has 1 fully saturated rings. The van der Waals surface area contributed by atoms with Gasteiger partial charge in [-0.2, -0.15) is 4.31 Å². The molecule has 1 atom stereocenters. The highest BCUT2D eigenvalue weighted by molar-refractivity contribution is 7.91. The van der Waals surface area contributed by atoms with Gasteiger partial charge < -0.3 is 10.2 Å². The molecule has 1 unspecified atom stereocenters. The third-order valence-electron chi connectivity index (χ3n) is 3.76. The van der Waals surface area contributed by atoms with Crippen LogP contribution in [0.1, 0.15) is 12.8 Å². The fraction of sp³-hybridized carbons (Fsp3) is 0.571. The molecule has 1 aromatic rings. The van der Waals surface area contributed by atoms with Gasteiger partial charge in [0.05, 0.1) is 12.5 Å². The number of nitrogens with one attached hydrogen (secondary N) is 1. The van der Waals surface area contributed by atoms with Crippen LogP contribution in [-0.4, -0.2) is 63.2 Å². The molecule has 7 nitrogen and oxygen atoms in total. The van der Waals surface area contributed by atoms with Crippen molar-refractivity contribution in [3.05, 3.63) is 17.5 Å². The van der Waals surface area contributed by atoms with E-state index in [0.717, 1.165) is 0 Å². The topological polar surface area (TPSA) is 86.8 Å². The second-order valence-corrected chi connectivity index (χ2v) is 8.75. The van der Waals surface area contributed by atoms with Gasteiger partial charge in [-0.25, -0.2) is 8.42 Å². The van der Waals surface area contributed by atoms with Crippen LogP contribution in [0.5, 0.6) is 0 Å². The van der Waals surface area contributed by atoms with Gasteiger partial charge in [0.25, 0.3) is 10.0 Å². The van der Waals surface area contributed by atoms with E-state index < -0.39 is 15.9 Å². The summed E-state index contributed by atoms with van der Waals surface area (Å²) < 4.78 is 26.7. The Kier molecular flexibility index (Phi) is 5.77. The maximum atomic E-state index is 12.5. The summed E-state index contributed by atoms with van der Waals surface area (Å²) in [5.41, 5.74) is 0. The van der Waals surface area contributed by atoms with Gasteiger partial charge in [-0.3, -0.25) is 9.59 Å². The van der Waals surface area contributed by atoms with Crippen molar-refractivity contribution in [2.24, 2.45) is 5.92 Å². The van der Waals surface area contributed by atoms with E-state index in [1.807, 2.05) is 0 Å². The van der Waals surface area contributed by atoms with Crippen LogP contribution in [0.4, 0.5) is 0 Å². The number of rotatable bonds is 5. The molecule has 2 heterocycles. The third kappa shape index (κ3) is 4.30. The van der Waals surface area contributed by atoms with Crippen molar-refractivity contribution < 1.29 is 18.0 Å². The Bertz CT molecular complexity index is 656. The Morgan fingerprint density at radius 2 is 2.17 bits per heavy atom. The van der Waals surface area contributed by atoms with E-state index in [0.29, 0.717) is 23.6 Å². The largest absolute Gasteiger partial charge is 0.347 e. The molecule has 23 heavy (non-hydrogen) atoms. The van der Waals surface area contributed by atoms with Crippen LogP contribution in [0.15, 0.2) is 21.7 Å². The minimum atomic E-state index is -3.53. The van der Waals surface area contributed by atoms with Gasteiger partial charge in [-0.05, 0) is 24.3 Å². The number of carbonyl (C=O) groups excluding carboxylic acids is 2. The number of hydrogen-bond acceptors (Lipinski definition) is 5. The first-order valence-electron chi connectivity index (χ1n) is 7.34. The SMILES string of the molecule is CN(C)C(=O)CNC(=O)C1CCCN(S(=O)(=O)c2cccs2)C1. The van der Waals surface area contributed by atoms with Crippen LogP contribution in [0.25, 0.3) is 0 Å². The Morgan fingerprint density at radius 1 is 1.43 bits per heavy atom. The zero-order chi connectivity index (χ0) is 17.0. The average molecular weight is 359 g/mol. The Hall–Kier alpha value is -1.45. The van der Waals surface area contributed by atoms with Crippen molar-refractivity contribution in [2.75, 3.05) is 33.7 Å². The zero-order valence-electron chi connectivity index (χ0n) is 13.2. The molecule has 0 radical (unpaired) electrons. The van der Waals surface area contributed by atoms with Crippen molar-refractivity contribution in [1.29, 1.82) is 0 Å². The van der Waals surface area contributed by atoms with Crippen LogP contribution in [-0.2, 0) is 19.6 Å². The molecule has 1 aliphatic heterocycles. The van der Waals surface area contributed by atoms with E-state index >= 15 is 0 Å². The first kappa shape index (κ1) is 17.9. The summed E-state index contributed by atoms with van der Waals surface area (Å²) in [6.45, 7) is 0.503. The summed E-state index contributed by atoms with van der Waals surface area (Å²) in [5, 5.41) is 4.31. The number of piperidine rings is 1. The van der Waals surface area contributed by atoms with E-state index in [1.165, 1.54) is 20.5 Å². The van der Waals surface area contributed by atoms with E-state index in [-0.39, 0.29) is 24.9 Å². The van der Waals surface area contributed by atoms with Crippen molar-refractivity contribution >= 4 is 33.2 Å². The number of likely N-dealkylation sites (N-methyl/N-ethyl adjacent to an activating group) is 1. The Labute approximate surface area is 140 Å². The fourth-order valence-corrected chi connectivity index (χ4v) is 5.05. The molecule has 1 aliphatic rings. The Morgan fingerprint density at radius 3 is 2.78 bits per heavy atom. The van der Waals surface area contributed by atoms with Gasteiger partial charge in [0.1, 0.15) is 4.21 Å². The smallest absolute Gasteiger partial charge is 0.252 e. The highest BCUT2D eigenvalue weighted by Gasteiger charge is 2.33. The van der Waals surface area contributed by atoms with Gasteiger partial charge in [-0.15, -0.1) is 11.3 Å². The first-order valence-corrected chi connectivity index (χ1v) is 9.66. The van der Waals surface area contributed by atoms with Crippen LogP contribution in [0, 0.1) is 5.92 Å². The number of thiophene rings is 1. The molecule has 1 N–H and O–H groups in total. The molecule has 9 heteroatoms. The summed E-state index contributed by atoms with van der Waals surface area (Å²) in [5.74, 6) is -0.892. The molecule has 0 aliphatic carbocycles. The number of amides is 2. The van der Waals surface area contributed by atoms with Crippen LogP contribution in [0.3, 0.4) is 0 Å². The lowest BCUT2D eigenvalue weighted by molar-refractivity contribution is -0.132. The first-order chi connectivity index (χ1) is 10.8. The number of sulfonamides is 1.